The van der Waals surface area contributed by atoms with E-state index in [0.717, 1.165) is 17.8 Å². The third kappa shape index (κ3) is 3.65. The van der Waals surface area contributed by atoms with Crippen molar-refractivity contribution in [1.82, 2.24) is 5.32 Å². The third-order valence-corrected chi connectivity index (χ3v) is 8.89. The monoisotopic (exact) mass is 333 g/mol. The average Bonchev–Trinajstić information content (AvgIpc) is 2.50. The summed E-state index contributed by atoms with van der Waals surface area (Å²) in [5.41, 5.74) is 0.232. The van der Waals surface area contributed by atoms with Crippen LogP contribution in [0.1, 0.15) is 25.7 Å². The van der Waals surface area contributed by atoms with Gasteiger partial charge in [-0.3, -0.25) is 0 Å². The lowest BCUT2D eigenvalue weighted by Gasteiger charge is -2.47. The Morgan fingerprint density at radius 3 is 2.70 bits per heavy atom. The van der Waals surface area contributed by atoms with Crippen LogP contribution in [0, 0.1) is 5.92 Å². The maximum absolute atomic E-state index is 6.27. The molecule has 0 aromatic carbocycles. The van der Waals surface area contributed by atoms with Crippen molar-refractivity contribution >= 4 is 35.3 Å². The second-order valence-electron chi connectivity index (χ2n) is 6.20. The molecule has 3 unspecified atom stereocenters. The molecule has 1 N–H and O–H groups in total. The highest BCUT2D eigenvalue weighted by atomic mass is 32.2. The van der Waals surface area contributed by atoms with Crippen LogP contribution < -0.4 is 5.32 Å². The zero-order valence-electron chi connectivity index (χ0n) is 12.4. The normalized spacial score (nSPS) is 35.9. The summed E-state index contributed by atoms with van der Waals surface area (Å²) in [6.07, 6.45) is 5.09. The van der Waals surface area contributed by atoms with Crippen molar-refractivity contribution in [1.29, 1.82) is 0 Å². The van der Waals surface area contributed by atoms with E-state index in [4.69, 9.17) is 4.74 Å². The van der Waals surface area contributed by atoms with Gasteiger partial charge in [0.05, 0.1) is 5.60 Å². The molecule has 0 radical (unpaired) electrons. The minimum absolute atomic E-state index is 0.232. The van der Waals surface area contributed by atoms with Gasteiger partial charge in [0.15, 0.2) is 0 Å². The Balaban J connectivity index is 1.64. The molecule has 3 fully saturated rings. The van der Waals surface area contributed by atoms with Gasteiger partial charge in [-0.15, -0.1) is 0 Å². The van der Waals surface area contributed by atoms with E-state index >= 15 is 0 Å². The summed E-state index contributed by atoms with van der Waals surface area (Å²) in [5, 5.41) is 4.47. The standard InChI is InChI=1S/C15H27NOS3/c1-16-14(13-11-19-8-9-20-13)12-2-5-17-15(10-12)3-6-18-7-4-15/h12-14,16H,2-11H2,1H3. The van der Waals surface area contributed by atoms with Gasteiger partial charge in [-0.25, -0.2) is 0 Å². The molecule has 0 aliphatic carbocycles. The molecule has 3 rings (SSSR count). The van der Waals surface area contributed by atoms with Crippen molar-refractivity contribution < 1.29 is 4.74 Å². The molecule has 2 nitrogen and oxygen atoms in total. The van der Waals surface area contributed by atoms with Crippen molar-refractivity contribution in [2.75, 3.05) is 42.4 Å². The number of ether oxygens (including phenoxy) is 1. The number of hydrogen-bond donors (Lipinski definition) is 1. The van der Waals surface area contributed by atoms with Gasteiger partial charge < -0.3 is 10.1 Å². The number of thioether (sulfide) groups is 3. The molecule has 0 saturated carbocycles. The van der Waals surface area contributed by atoms with E-state index in [1.807, 2.05) is 0 Å². The second-order valence-corrected chi connectivity index (χ2v) is 9.92. The SMILES string of the molecule is CNC(C1CCOC2(CCSCC2)C1)C1CSCCS1. The fraction of sp³-hybridized carbons (Fsp3) is 1.00. The summed E-state index contributed by atoms with van der Waals surface area (Å²) in [7, 11) is 2.17. The van der Waals surface area contributed by atoms with E-state index in [-0.39, 0.29) is 5.60 Å². The number of hydrogen-bond acceptors (Lipinski definition) is 5. The van der Waals surface area contributed by atoms with Gasteiger partial charge in [0.2, 0.25) is 0 Å². The third-order valence-electron chi connectivity index (χ3n) is 5.02. The Bertz CT molecular complexity index is 298. The first-order chi connectivity index (χ1) is 9.83. The maximum atomic E-state index is 6.27. The Labute approximate surface area is 136 Å². The minimum atomic E-state index is 0.232. The lowest BCUT2D eigenvalue weighted by molar-refractivity contribution is -0.106. The predicted molar refractivity (Wildman–Crippen MR) is 94.4 cm³/mol. The fourth-order valence-corrected chi connectivity index (χ4v) is 8.14. The molecule has 1 spiro atoms. The summed E-state index contributed by atoms with van der Waals surface area (Å²) < 4.78 is 6.27. The number of nitrogens with one attached hydrogen (secondary N) is 1. The van der Waals surface area contributed by atoms with Crippen LogP contribution in [0.5, 0.6) is 0 Å². The highest BCUT2D eigenvalue weighted by Crippen LogP contribution is 2.42. The van der Waals surface area contributed by atoms with E-state index in [2.05, 4.69) is 47.7 Å². The predicted octanol–water partition coefficient (Wildman–Crippen LogP) is 3.12. The summed E-state index contributed by atoms with van der Waals surface area (Å²) in [5.74, 6) is 7.41. The Kier molecular flexibility index (Phi) is 5.94. The van der Waals surface area contributed by atoms with Crippen molar-refractivity contribution in [2.24, 2.45) is 5.92 Å². The highest BCUT2D eigenvalue weighted by Gasteiger charge is 2.42. The van der Waals surface area contributed by atoms with E-state index < -0.39 is 0 Å². The summed E-state index contributed by atoms with van der Waals surface area (Å²) in [6, 6.07) is 0.683. The van der Waals surface area contributed by atoms with Gasteiger partial charge in [0.1, 0.15) is 0 Å². The largest absolute Gasteiger partial charge is 0.375 e. The lowest BCUT2D eigenvalue weighted by Crippen LogP contribution is -2.51. The molecule has 5 heteroatoms. The summed E-state index contributed by atoms with van der Waals surface area (Å²) in [6.45, 7) is 0.984. The Morgan fingerprint density at radius 1 is 1.15 bits per heavy atom. The van der Waals surface area contributed by atoms with Crippen LogP contribution in [0.15, 0.2) is 0 Å². The van der Waals surface area contributed by atoms with E-state index in [1.54, 1.807) is 0 Å². The Morgan fingerprint density at radius 2 is 2.00 bits per heavy atom. The van der Waals surface area contributed by atoms with Crippen LogP contribution in [0.3, 0.4) is 0 Å². The first-order valence-electron chi connectivity index (χ1n) is 7.91. The summed E-state index contributed by atoms with van der Waals surface area (Å²) >= 11 is 6.44. The molecule has 0 aromatic heterocycles. The van der Waals surface area contributed by atoms with Crippen LogP contribution >= 0.6 is 35.3 Å². The van der Waals surface area contributed by atoms with E-state index in [1.165, 1.54) is 54.4 Å². The molecule has 3 heterocycles. The fourth-order valence-electron chi connectivity index (χ4n) is 3.90. The van der Waals surface area contributed by atoms with E-state index in [9.17, 15) is 0 Å². The summed E-state index contributed by atoms with van der Waals surface area (Å²) in [4.78, 5) is 0. The van der Waals surface area contributed by atoms with E-state index in [0.29, 0.717) is 6.04 Å². The molecule has 3 saturated heterocycles. The van der Waals surface area contributed by atoms with Gasteiger partial charge in [-0.1, -0.05) is 0 Å². The molecule has 3 aliphatic heterocycles. The molecule has 0 aromatic rings. The van der Waals surface area contributed by atoms with Gasteiger partial charge in [0, 0.05) is 35.2 Å². The first-order valence-corrected chi connectivity index (χ1v) is 11.3. The van der Waals surface area contributed by atoms with Gasteiger partial charge in [0.25, 0.3) is 0 Å². The van der Waals surface area contributed by atoms with Crippen molar-refractivity contribution in [2.45, 2.75) is 42.6 Å². The maximum Gasteiger partial charge on any atom is 0.0701 e. The zero-order valence-corrected chi connectivity index (χ0v) is 14.9. The van der Waals surface area contributed by atoms with Gasteiger partial charge in [-0.2, -0.15) is 35.3 Å². The van der Waals surface area contributed by atoms with Crippen LogP contribution in [0.2, 0.25) is 0 Å². The van der Waals surface area contributed by atoms with Crippen LogP contribution in [-0.4, -0.2) is 59.3 Å². The van der Waals surface area contributed by atoms with Crippen molar-refractivity contribution in [3.05, 3.63) is 0 Å². The molecule has 20 heavy (non-hydrogen) atoms. The first kappa shape index (κ1) is 15.9. The number of rotatable bonds is 3. The molecule has 3 aliphatic rings. The van der Waals surface area contributed by atoms with Crippen LogP contribution in [0.4, 0.5) is 0 Å². The molecular weight excluding hydrogens is 306 g/mol. The molecular formula is C15H27NOS3. The van der Waals surface area contributed by atoms with Crippen LogP contribution in [0.25, 0.3) is 0 Å². The van der Waals surface area contributed by atoms with Gasteiger partial charge >= 0.3 is 0 Å². The zero-order chi connectivity index (χ0) is 13.8. The smallest absolute Gasteiger partial charge is 0.0701 e. The lowest BCUT2D eigenvalue weighted by atomic mass is 9.78. The molecule has 116 valence electrons. The highest BCUT2D eigenvalue weighted by molar-refractivity contribution is 8.06. The van der Waals surface area contributed by atoms with Gasteiger partial charge in [-0.05, 0) is 50.2 Å². The van der Waals surface area contributed by atoms with Crippen molar-refractivity contribution in [3.63, 3.8) is 0 Å². The van der Waals surface area contributed by atoms with Crippen molar-refractivity contribution in [3.8, 4) is 0 Å². The molecule has 0 bridgehead atoms. The second kappa shape index (κ2) is 7.49. The topological polar surface area (TPSA) is 21.3 Å². The Hall–Kier alpha value is 0.970. The molecule has 0 amide bonds. The quantitative estimate of drug-likeness (QED) is 0.854. The van der Waals surface area contributed by atoms with Crippen LogP contribution in [-0.2, 0) is 4.74 Å². The average molecular weight is 334 g/mol. The molecule has 3 atom stereocenters. The minimum Gasteiger partial charge on any atom is -0.375 e.